The summed E-state index contributed by atoms with van der Waals surface area (Å²) in [6.45, 7) is -0.104. The number of rotatable bonds is 6. The zero-order valence-electron chi connectivity index (χ0n) is 13.9. The zero-order valence-corrected chi connectivity index (χ0v) is 16.1. The van der Waals surface area contributed by atoms with Gasteiger partial charge in [-0.05, 0) is 40.3 Å². The van der Waals surface area contributed by atoms with Gasteiger partial charge in [0, 0.05) is 14.7 Å². The first kappa shape index (κ1) is 18.1. The molecular formula is C21H17IN2O2. The lowest BCUT2D eigenvalue weighted by molar-refractivity contribution is -0.123. The third-order valence-electron chi connectivity index (χ3n) is 3.63. The van der Waals surface area contributed by atoms with E-state index in [1.807, 2.05) is 78.9 Å². The van der Waals surface area contributed by atoms with Crippen molar-refractivity contribution in [3.63, 3.8) is 0 Å². The van der Waals surface area contributed by atoms with E-state index in [9.17, 15) is 4.79 Å². The molecule has 0 unspecified atom stereocenters. The second-order valence-electron chi connectivity index (χ2n) is 5.47. The Balaban J connectivity index is 1.60. The van der Waals surface area contributed by atoms with Crippen molar-refractivity contribution in [2.45, 2.75) is 0 Å². The van der Waals surface area contributed by atoms with Gasteiger partial charge in [0.1, 0.15) is 5.75 Å². The molecule has 0 spiro atoms. The fourth-order valence-corrected chi connectivity index (χ4v) is 2.90. The Labute approximate surface area is 166 Å². The monoisotopic (exact) mass is 456 g/mol. The second-order valence-corrected chi connectivity index (χ2v) is 6.63. The van der Waals surface area contributed by atoms with Gasteiger partial charge in [-0.25, -0.2) is 5.43 Å². The molecule has 0 bridgehead atoms. The number of para-hydroxylation sites is 1. The first-order chi connectivity index (χ1) is 12.7. The summed E-state index contributed by atoms with van der Waals surface area (Å²) in [5.41, 5.74) is 5.43. The van der Waals surface area contributed by atoms with E-state index >= 15 is 0 Å². The molecule has 0 heterocycles. The SMILES string of the molecule is O=C(COc1ccccc1-c1ccccc1)N/N=C/c1ccccc1I. The van der Waals surface area contributed by atoms with E-state index in [1.165, 1.54) is 0 Å². The summed E-state index contributed by atoms with van der Waals surface area (Å²) in [5.74, 6) is 0.352. The summed E-state index contributed by atoms with van der Waals surface area (Å²) < 4.78 is 6.76. The molecule has 0 aliphatic heterocycles. The van der Waals surface area contributed by atoms with Crippen LogP contribution in [0.1, 0.15) is 5.56 Å². The molecular weight excluding hydrogens is 439 g/mol. The highest BCUT2D eigenvalue weighted by atomic mass is 127. The fraction of sp³-hybridized carbons (Fsp3) is 0.0476. The third-order valence-corrected chi connectivity index (χ3v) is 4.61. The van der Waals surface area contributed by atoms with E-state index < -0.39 is 0 Å². The molecule has 0 saturated carbocycles. The highest BCUT2D eigenvalue weighted by molar-refractivity contribution is 14.1. The fourth-order valence-electron chi connectivity index (χ4n) is 2.38. The normalized spacial score (nSPS) is 10.7. The van der Waals surface area contributed by atoms with Crippen molar-refractivity contribution in [1.82, 2.24) is 5.43 Å². The number of ether oxygens (including phenoxy) is 1. The van der Waals surface area contributed by atoms with E-state index in [0.29, 0.717) is 5.75 Å². The molecule has 3 aromatic rings. The highest BCUT2D eigenvalue weighted by Crippen LogP contribution is 2.29. The molecule has 1 N–H and O–H groups in total. The van der Waals surface area contributed by atoms with Crippen molar-refractivity contribution in [2.75, 3.05) is 6.61 Å². The van der Waals surface area contributed by atoms with Crippen LogP contribution in [0.5, 0.6) is 5.75 Å². The van der Waals surface area contributed by atoms with E-state index in [-0.39, 0.29) is 12.5 Å². The van der Waals surface area contributed by atoms with E-state index in [0.717, 1.165) is 20.3 Å². The Hall–Kier alpha value is -2.67. The smallest absolute Gasteiger partial charge is 0.277 e. The Bertz CT molecular complexity index is 911. The molecule has 0 aliphatic rings. The first-order valence-corrected chi connectivity index (χ1v) is 9.15. The Kier molecular flexibility index (Phi) is 6.38. The predicted molar refractivity (Wildman–Crippen MR) is 112 cm³/mol. The number of halogens is 1. The van der Waals surface area contributed by atoms with Crippen LogP contribution >= 0.6 is 22.6 Å². The van der Waals surface area contributed by atoms with Gasteiger partial charge in [0.15, 0.2) is 6.61 Å². The molecule has 3 rings (SSSR count). The summed E-state index contributed by atoms with van der Waals surface area (Å²) in [4.78, 5) is 12.0. The average molecular weight is 456 g/mol. The van der Waals surface area contributed by atoms with Crippen molar-refractivity contribution in [2.24, 2.45) is 5.10 Å². The van der Waals surface area contributed by atoms with Crippen molar-refractivity contribution in [1.29, 1.82) is 0 Å². The lowest BCUT2D eigenvalue weighted by atomic mass is 10.1. The molecule has 1 amide bonds. The van der Waals surface area contributed by atoms with Gasteiger partial charge >= 0.3 is 0 Å². The molecule has 0 atom stereocenters. The number of benzene rings is 3. The quantitative estimate of drug-likeness (QED) is 0.338. The summed E-state index contributed by atoms with van der Waals surface area (Å²) >= 11 is 2.22. The molecule has 26 heavy (non-hydrogen) atoms. The summed E-state index contributed by atoms with van der Waals surface area (Å²) in [7, 11) is 0. The van der Waals surface area contributed by atoms with Crippen LogP contribution < -0.4 is 10.2 Å². The number of hydrogen-bond acceptors (Lipinski definition) is 3. The number of carbonyl (C=O) groups is 1. The van der Waals surface area contributed by atoms with Crippen molar-refractivity contribution < 1.29 is 9.53 Å². The maximum Gasteiger partial charge on any atom is 0.277 e. The highest BCUT2D eigenvalue weighted by Gasteiger charge is 2.07. The van der Waals surface area contributed by atoms with Crippen molar-refractivity contribution >= 4 is 34.7 Å². The van der Waals surface area contributed by atoms with E-state index in [1.54, 1.807) is 6.21 Å². The van der Waals surface area contributed by atoms with Crippen LogP contribution in [-0.4, -0.2) is 18.7 Å². The van der Waals surface area contributed by atoms with Crippen LogP contribution in [0.2, 0.25) is 0 Å². The summed E-state index contributed by atoms with van der Waals surface area (Å²) in [6.07, 6.45) is 1.62. The van der Waals surface area contributed by atoms with Crippen LogP contribution in [0.15, 0.2) is 84.0 Å². The van der Waals surface area contributed by atoms with Crippen LogP contribution in [0, 0.1) is 3.57 Å². The van der Waals surface area contributed by atoms with Crippen LogP contribution in [0.3, 0.4) is 0 Å². The van der Waals surface area contributed by atoms with Gasteiger partial charge in [-0.15, -0.1) is 0 Å². The molecule has 5 heteroatoms. The summed E-state index contributed by atoms with van der Waals surface area (Å²) in [5, 5.41) is 3.99. The van der Waals surface area contributed by atoms with Gasteiger partial charge in [0.25, 0.3) is 5.91 Å². The number of carbonyl (C=O) groups excluding carboxylic acids is 1. The van der Waals surface area contributed by atoms with Crippen LogP contribution in [0.25, 0.3) is 11.1 Å². The lowest BCUT2D eigenvalue weighted by Gasteiger charge is -2.10. The van der Waals surface area contributed by atoms with Gasteiger partial charge in [0.05, 0.1) is 6.21 Å². The minimum Gasteiger partial charge on any atom is -0.483 e. The van der Waals surface area contributed by atoms with Crippen molar-refractivity contribution in [3.05, 3.63) is 88.0 Å². The Morgan fingerprint density at radius 3 is 2.46 bits per heavy atom. The molecule has 0 fully saturated rings. The molecule has 4 nitrogen and oxygen atoms in total. The maximum absolute atomic E-state index is 12.0. The minimum atomic E-state index is -0.310. The third kappa shape index (κ3) is 4.92. The van der Waals surface area contributed by atoms with Gasteiger partial charge in [-0.1, -0.05) is 66.7 Å². The van der Waals surface area contributed by atoms with Gasteiger partial charge in [-0.3, -0.25) is 4.79 Å². The molecule has 3 aromatic carbocycles. The van der Waals surface area contributed by atoms with Crippen LogP contribution in [-0.2, 0) is 4.79 Å². The van der Waals surface area contributed by atoms with Crippen molar-refractivity contribution in [3.8, 4) is 16.9 Å². The Morgan fingerprint density at radius 1 is 0.962 bits per heavy atom. The predicted octanol–water partition coefficient (Wildman–Crippen LogP) is 4.49. The number of hydrogen-bond donors (Lipinski definition) is 1. The first-order valence-electron chi connectivity index (χ1n) is 8.08. The largest absolute Gasteiger partial charge is 0.483 e. The van der Waals surface area contributed by atoms with Crippen LogP contribution in [0.4, 0.5) is 0 Å². The van der Waals surface area contributed by atoms with E-state index in [4.69, 9.17) is 4.74 Å². The zero-order chi connectivity index (χ0) is 18.2. The van der Waals surface area contributed by atoms with Gasteiger partial charge < -0.3 is 4.74 Å². The van der Waals surface area contributed by atoms with Gasteiger partial charge in [0.2, 0.25) is 0 Å². The lowest BCUT2D eigenvalue weighted by Crippen LogP contribution is -2.24. The number of amides is 1. The molecule has 0 saturated heterocycles. The molecule has 130 valence electrons. The van der Waals surface area contributed by atoms with E-state index in [2.05, 4.69) is 33.1 Å². The number of hydrazone groups is 1. The standard InChI is InChI=1S/C21H17IN2O2/c22-19-12-6-4-10-17(19)14-23-24-21(25)15-26-20-13-7-5-11-18(20)16-8-2-1-3-9-16/h1-14H,15H2,(H,24,25)/b23-14+. The minimum absolute atomic E-state index is 0.104. The topological polar surface area (TPSA) is 50.7 Å². The average Bonchev–Trinajstić information content (AvgIpc) is 2.69. The number of nitrogens with zero attached hydrogens (tertiary/aromatic N) is 1. The van der Waals surface area contributed by atoms with Gasteiger partial charge in [-0.2, -0.15) is 5.10 Å². The molecule has 0 aromatic heterocycles. The molecule has 0 aliphatic carbocycles. The summed E-state index contributed by atoms with van der Waals surface area (Å²) in [6, 6.07) is 25.4. The number of nitrogens with one attached hydrogen (secondary N) is 1. The maximum atomic E-state index is 12.0. The second kappa shape index (κ2) is 9.15. The molecule has 0 radical (unpaired) electrons. The Morgan fingerprint density at radius 2 is 1.65 bits per heavy atom.